The number of likely N-dealkylation sites (N-methyl/N-ethyl adjacent to an activating group) is 1. The molecule has 0 spiro atoms. The molecule has 1 aliphatic rings. The predicted octanol–water partition coefficient (Wildman–Crippen LogP) is 4.49. The lowest BCUT2D eigenvalue weighted by Gasteiger charge is -2.21. The van der Waals surface area contributed by atoms with Crippen molar-refractivity contribution in [2.75, 3.05) is 39.3 Å². The molecule has 35 heavy (non-hydrogen) atoms. The second kappa shape index (κ2) is 11.8. The normalized spacial score (nSPS) is 17.3. The summed E-state index contributed by atoms with van der Waals surface area (Å²) in [4.78, 5) is 14.1. The van der Waals surface area contributed by atoms with Crippen molar-refractivity contribution < 1.29 is 19.0 Å². The molecule has 1 heterocycles. The van der Waals surface area contributed by atoms with Gasteiger partial charge in [-0.1, -0.05) is 54.6 Å². The monoisotopic (exact) mass is 473 g/mol. The Balaban J connectivity index is 1.68. The summed E-state index contributed by atoms with van der Waals surface area (Å²) in [5.74, 6) is 1.07. The molecule has 3 aromatic rings. The molecule has 9 heteroatoms. The molecule has 0 amide bonds. The highest BCUT2D eigenvalue weighted by Gasteiger charge is 2.19. The molecule has 1 N–H and O–H groups in total. The van der Waals surface area contributed by atoms with Gasteiger partial charge in [0.2, 0.25) is 5.84 Å². The molecule has 0 aliphatic carbocycles. The Morgan fingerprint density at radius 3 is 2.34 bits per heavy atom. The molecule has 3 aromatic carbocycles. The largest absolute Gasteiger partial charge is 0.487 e. The lowest BCUT2D eigenvalue weighted by molar-refractivity contribution is -0.152. The van der Waals surface area contributed by atoms with Crippen LogP contribution >= 0.6 is 0 Å². The van der Waals surface area contributed by atoms with E-state index >= 15 is 0 Å². The summed E-state index contributed by atoms with van der Waals surface area (Å²) in [5, 5.41) is 13.3. The van der Waals surface area contributed by atoms with Crippen molar-refractivity contribution in [1.82, 2.24) is 4.90 Å². The molecule has 9 nitrogen and oxygen atoms in total. The highest BCUT2D eigenvalue weighted by molar-refractivity contribution is 5.99. The third kappa shape index (κ3) is 6.87. The van der Waals surface area contributed by atoms with Crippen LogP contribution in [0, 0.1) is 0 Å². The minimum Gasteiger partial charge on any atom is -0.487 e. The Morgan fingerprint density at radius 1 is 0.914 bits per heavy atom. The van der Waals surface area contributed by atoms with Crippen LogP contribution in [0.5, 0.6) is 11.5 Å². The Hall–Kier alpha value is -4.24. The SMILES string of the molecule is CN(C)CC(=O)OC1COc2ccccc2N=N/C(c2ccccc2)=N\Nc2ccccc2OC1. The van der Waals surface area contributed by atoms with E-state index < -0.39 is 6.10 Å². The highest BCUT2D eigenvalue weighted by Crippen LogP contribution is 2.29. The second-order valence-corrected chi connectivity index (χ2v) is 8.05. The quantitative estimate of drug-likeness (QED) is 0.561. The van der Waals surface area contributed by atoms with Gasteiger partial charge in [0.05, 0.1) is 12.2 Å². The average Bonchev–Trinajstić information content (AvgIpc) is 2.86. The maximum atomic E-state index is 12.3. The summed E-state index contributed by atoms with van der Waals surface area (Å²) < 4.78 is 17.7. The molecule has 1 atom stereocenters. The van der Waals surface area contributed by atoms with Crippen molar-refractivity contribution in [3.8, 4) is 11.5 Å². The number of hydrogen-bond acceptors (Lipinski definition) is 9. The van der Waals surface area contributed by atoms with Crippen LogP contribution in [-0.4, -0.2) is 56.7 Å². The number of nitrogens with one attached hydrogen (secondary N) is 1. The van der Waals surface area contributed by atoms with Gasteiger partial charge in [-0.05, 0) is 38.4 Å². The number of benzene rings is 3. The Morgan fingerprint density at radius 2 is 1.57 bits per heavy atom. The first kappa shape index (κ1) is 23.9. The van der Waals surface area contributed by atoms with E-state index in [2.05, 4.69) is 20.8 Å². The zero-order chi connectivity index (χ0) is 24.5. The first-order chi connectivity index (χ1) is 17.1. The molecule has 0 saturated carbocycles. The maximum absolute atomic E-state index is 12.3. The van der Waals surface area contributed by atoms with Gasteiger partial charge in [-0.3, -0.25) is 15.1 Å². The molecule has 4 rings (SSSR count). The summed E-state index contributed by atoms with van der Waals surface area (Å²) in [6.07, 6.45) is -0.646. The van der Waals surface area contributed by atoms with Crippen LogP contribution in [-0.2, 0) is 9.53 Å². The summed E-state index contributed by atoms with van der Waals surface area (Å²) in [5.41, 5.74) is 4.98. The fraction of sp³-hybridized carbons (Fsp3) is 0.231. The zero-order valence-electron chi connectivity index (χ0n) is 19.6. The van der Waals surface area contributed by atoms with Gasteiger partial charge in [0.15, 0.2) is 6.10 Å². The van der Waals surface area contributed by atoms with Gasteiger partial charge in [0, 0.05) is 5.56 Å². The van der Waals surface area contributed by atoms with E-state index in [9.17, 15) is 4.79 Å². The highest BCUT2D eigenvalue weighted by atomic mass is 16.6. The summed E-state index contributed by atoms with van der Waals surface area (Å²) in [7, 11) is 3.60. The molecule has 0 aromatic heterocycles. The number of nitrogens with zero attached hydrogens (tertiary/aromatic N) is 4. The van der Waals surface area contributed by atoms with Crippen molar-refractivity contribution in [1.29, 1.82) is 0 Å². The van der Waals surface area contributed by atoms with E-state index in [0.717, 1.165) is 5.56 Å². The fourth-order valence-corrected chi connectivity index (χ4v) is 3.26. The molecule has 1 unspecified atom stereocenters. The van der Waals surface area contributed by atoms with Crippen molar-refractivity contribution in [3.05, 3.63) is 84.4 Å². The molecule has 180 valence electrons. The van der Waals surface area contributed by atoms with Crippen molar-refractivity contribution in [2.45, 2.75) is 6.10 Å². The standard InChI is InChI=1S/C26H27N5O4/c1-31(2)16-25(32)35-20-17-33-23-14-8-6-12-21(23)27-29-26(19-10-4-3-5-11-19)30-28-22-13-7-9-15-24(22)34-18-20/h3-15,20,27H,16-18H2,1-2H3/b29-26-,30-28?. The van der Waals surface area contributed by atoms with E-state index in [1.165, 1.54) is 0 Å². The molecule has 0 radical (unpaired) electrons. The van der Waals surface area contributed by atoms with E-state index in [0.29, 0.717) is 28.7 Å². The molecule has 0 fully saturated rings. The Labute approximate surface area is 204 Å². The second-order valence-electron chi connectivity index (χ2n) is 8.05. The van der Waals surface area contributed by atoms with Gasteiger partial charge in [0.1, 0.15) is 30.4 Å². The van der Waals surface area contributed by atoms with Gasteiger partial charge in [-0.25, -0.2) is 0 Å². The lowest BCUT2D eigenvalue weighted by Crippen LogP contribution is -2.34. The number of rotatable bonds is 4. The number of fused-ring (bicyclic) bond motifs is 2. The lowest BCUT2D eigenvalue weighted by atomic mass is 10.2. The number of esters is 1. The van der Waals surface area contributed by atoms with Crippen LogP contribution in [0.3, 0.4) is 0 Å². The number of hydrogen-bond donors (Lipinski definition) is 1. The number of amidine groups is 1. The number of para-hydroxylation sites is 3. The third-order valence-corrected chi connectivity index (χ3v) is 4.91. The predicted molar refractivity (Wildman–Crippen MR) is 133 cm³/mol. The van der Waals surface area contributed by atoms with E-state index in [1.807, 2.05) is 66.7 Å². The van der Waals surface area contributed by atoms with Crippen LogP contribution in [0.4, 0.5) is 11.4 Å². The zero-order valence-corrected chi connectivity index (χ0v) is 19.6. The van der Waals surface area contributed by atoms with E-state index in [4.69, 9.17) is 14.2 Å². The number of carbonyl (C=O) groups is 1. The maximum Gasteiger partial charge on any atom is 0.320 e. The Kier molecular flexibility index (Phi) is 8.03. The van der Waals surface area contributed by atoms with Crippen molar-refractivity contribution in [2.24, 2.45) is 15.3 Å². The smallest absolute Gasteiger partial charge is 0.320 e. The molecule has 1 aliphatic heterocycles. The van der Waals surface area contributed by atoms with E-state index in [-0.39, 0.29) is 25.7 Å². The molecular weight excluding hydrogens is 446 g/mol. The van der Waals surface area contributed by atoms with Gasteiger partial charge in [0.25, 0.3) is 0 Å². The van der Waals surface area contributed by atoms with Crippen molar-refractivity contribution >= 4 is 23.2 Å². The van der Waals surface area contributed by atoms with Gasteiger partial charge < -0.3 is 14.2 Å². The van der Waals surface area contributed by atoms with Crippen LogP contribution < -0.4 is 14.9 Å². The van der Waals surface area contributed by atoms with Gasteiger partial charge in [-0.2, -0.15) is 5.10 Å². The Bertz CT molecular complexity index is 1200. The summed E-state index contributed by atoms with van der Waals surface area (Å²) >= 11 is 0. The number of hydrazone groups is 1. The summed E-state index contributed by atoms with van der Waals surface area (Å²) in [6.45, 7) is 0.328. The first-order valence-corrected chi connectivity index (χ1v) is 11.2. The minimum atomic E-state index is -0.646. The minimum absolute atomic E-state index is 0.0843. The van der Waals surface area contributed by atoms with Crippen LogP contribution in [0.1, 0.15) is 5.56 Å². The number of carbonyl (C=O) groups excluding carboxylic acids is 1. The number of anilines is 1. The third-order valence-electron chi connectivity index (χ3n) is 4.91. The van der Waals surface area contributed by atoms with E-state index in [1.54, 1.807) is 31.1 Å². The van der Waals surface area contributed by atoms with Crippen LogP contribution in [0.2, 0.25) is 0 Å². The topological polar surface area (TPSA) is 97.1 Å². The van der Waals surface area contributed by atoms with Crippen LogP contribution in [0.15, 0.2) is 94.2 Å². The van der Waals surface area contributed by atoms with Crippen molar-refractivity contribution in [3.63, 3.8) is 0 Å². The summed E-state index contributed by atoms with van der Waals surface area (Å²) in [6, 6.07) is 24.2. The molecule has 0 saturated heterocycles. The van der Waals surface area contributed by atoms with Gasteiger partial charge >= 0.3 is 5.97 Å². The average molecular weight is 474 g/mol. The fourth-order valence-electron chi connectivity index (χ4n) is 3.26. The van der Waals surface area contributed by atoms with Crippen LogP contribution in [0.25, 0.3) is 0 Å². The first-order valence-electron chi connectivity index (χ1n) is 11.2. The number of ether oxygens (including phenoxy) is 3. The molecule has 0 bridgehead atoms. The van der Waals surface area contributed by atoms with Gasteiger partial charge in [-0.15, -0.1) is 10.2 Å². The number of azo groups is 1. The molecular formula is C26H27N5O4.